The van der Waals surface area contributed by atoms with Gasteiger partial charge in [-0.1, -0.05) is 6.92 Å². The Hall–Kier alpha value is -1.04. The first-order valence-electron chi connectivity index (χ1n) is 6.26. The first-order chi connectivity index (χ1) is 8.44. The van der Waals surface area contributed by atoms with E-state index in [2.05, 4.69) is 10.4 Å². The number of hydrogen-bond donors (Lipinski definition) is 1. The fourth-order valence-corrected chi connectivity index (χ4v) is 1.81. The summed E-state index contributed by atoms with van der Waals surface area (Å²) < 4.78 is 39.1. The summed E-state index contributed by atoms with van der Waals surface area (Å²) in [4.78, 5) is 0. The lowest BCUT2D eigenvalue weighted by Crippen LogP contribution is -2.36. The molecule has 0 spiro atoms. The van der Waals surface area contributed by atoms with E-state index in [0.717, 1.165) is 18.5 Å². The summed E-state index contributed by atoms with van der Waals surface area (Å²) in [7, 11) is 0. The average Bonchev–Trinajstić information content (AvgIpc) is 2.71. The second-order valence-electron chi connectivity index (χ2n) is 4.38. The highest BCUT2D eigenvalue weighted by Gasteiger charge is 2.31. The smallest absolute Gasteiger partial charge is 0.313 e. The molecule has 18 heavy (non-hydrogen) atoms. The summed E-state index contributed by atoms with van der Waals surface area (Å²) in [6.45, 7) is 5.21. The number of halogens is 3. The van der Waals surface area contributed by atoms with Crippen molar-refractivity contribution in [3.8, 4) is 0 Å². The van der Waals surface area contributed by atoms with E-state index in [0.29, 0.717) is 13.0 Å². The minimum Gasteiger partial charge on any atom is -0.313 e. The molecule has 0 aliphatic carbocycles. The van der Waals surface area contributed by atoms with E-state index in [1.807, 2.05) is 13.8 Å². The maximum absolute atomic E-state index is 12.4. The fraction of sp³-hybridized carbons (Fsp3) is 0.750. The van der Waals surface area contributed by atoms with E-state index < -0.39 is 18.6 Å². The average molecular weight is 263 g/mol. The topological polar surface area (TPSA) is 29.9 Å². The molecule has 1 unspecified atom stereocenters. The van der Waals surface area contributed by atoms with Crippen LogP contribution in [0.4, 0.5) is 13.2 Å². The molecule has 3 nitrogen and oxygen atoms in total. The van der Waals surface area contributed by atoms with Crippen LogP contribution in [0.3, 0.4) is 0 Å². The molecule has 0 fully saturated rings. The molecule has 104 valence electrons. The summed E-state index contributed by atoms with van der Waals surface area (Å²) in [6, 6.07) is -0.570. The molecule has 0 bridgehead atoms. The third-order valence-corrected chi connectivity index (χ3v) is 2.65. The van der Waals surface area contributed by atoms with Gasteiger partial charge in [0.15, 0.2) is 0 Å². The van der Waals surface area contributed by atoms with Crippen molar-refractivity contribution in [1.29, 1.82) is 0 Å². The van der Waals surface area contributed by atoms with E-state index >= 15 is 0 Å². The SMILES string of the molecule is CCCNC(Cc1cnn(CC)c1)CC(F)(F)F. The van der Waals surface area contributed by atoms with E-state index in [1.54, 1.807) is 17.1 Å². The summed E-state index contributed by atoms with van der Waals surface area (Å²) in [5.41, 5.74) is 0.842. The van der Waals surface area contributed by atoms with Gasteiger partial charge in [-0.25, -0.2) is 0 Å². The minimum absolute atomic E-state index is 0.361. The van der Waals surface area contributed by atoms with Gasteiger partial charge in [0.25, 0.3) is 0 Å². The van der Waals surface area contributed by atoms with Crippen LogP contribution in [0.1, 0.15) is 32.3 Å². The van der Waals surface area contributed by atoms with Gasteiger partial charge in [0, 0.05) is 18.8 Å². The molecule has 0 saturated carbocycles. The van der Waals surface area contributed by atoms with Crippen LogP contribution in [0, 0.1) is 0 Å². The zero-order valence-corrected chi connectivity index (χ0v) is 10.8. The Labute approximate surface area is 105 Å². The quantitative estimate of drug-likeness (QED) is 0.819. The van der Waals surface area contributed by atoms with Crippen molar-refractivity contribution < 1.29 is 13.2 Å². The molecule has 0 amide bonds. The standard InChI is InChI=1S/C12H20F3N3/c1-3-5-16-11(7-12(13,14)15)6-10-8-17-18(4-2)9-10/h8-9,11,16H,3-7H2,1-2H3. The van der Waals surface area contributed by atoms with Crippen LogP contribution >= 0.6 is 0 Å². The number of rotatable bonds is 7. The Kier molecular flexibility index (Phi) is 5.65. The van der Waals surface area contributed by atoms with Crippen molar-refractivity contribution >= 4 is 0 Å². The molecule has 0 aromatic carbocycles. The molecule has 1 atom stereocenters. The molecule has 1 rings (SSSR count). The Morgan fingerprint density at radius 2 is 2.11 bits per heavy atom. The van der Waals surface area contributed by atoms with Crippen molar-refractivity contribution in [3.05, 3.63) is 18.0 Å². The van der Waals surface area contributed by atoms with Crippen LogP contribution in [0.5, 0.6) is 0 Å². The molecule has 1 aromatic heterocycles. The van der Waals surface area contributed by atoms with Crippen molar-refractivity contribution in [2.24, 2.45) is 0 Å². The number of aromatic nitrogens is 2. The molecule has 1 N–H and O–H groups in total. The predicted octanol–water partition coefficient (Wildman–Crippen LogP) is 2.77. The van der Waals surface area contributed by atoms with Crippen LogP contribution in [0.25, 0.3) is 0 Å². The molecule has 0 saturated heterocycles. The largest absolute Gasteiger partial charge is 0.390 e. The van der Waals surface area contributed by atoms with Crippen molar-refractivity contribution in [2.45, 2.75) is 51.9 Å². The van der Waals surface area contributed by atoms with Crippen molar-refractivity contribution in [3.63, 3.8) is 0 Å². The number of nitrogens with zero attached hydrogens (tertiary/aromatic N) is 2. The Bertz CT molecular complexity index is 347. The molecule has 6 heteroatoms. The number of hydrogen-bond acceptors (Lipinski definition) is 2. The van der Waals surface area contributed by atoms with Gasteiger partial charge in [0.2, 0.25) is 0 Å². The maximum Gasteiger partial charge on any atom is 0.390 e. The Morgan fingerprint density at radius 1 is 1.39 bits per heavy atom. The van der Waals surface area contributed by atoms with Crippen molar-refractivity contribution in [1.82, 2.24) is 15.1 Å². The van der Waals surface area contributed by atoms with Crippen molar-refractivity contribution in [2.75, 3.05) is 6.54 Å². The summed E-state index contributed by atoms with van der Waals surface area (Å²) in [5.74, 6) is 0. The Morgan fingerprint density at radius 3 is 2.61 bits per heavy atom. The maximum atomic E-state index is 12.4. The van der Waals surface area contributed by atoms with Crippen LogP contribution in [-0.4, -0.2) is 28.5 Å². The molecular formula is C12H20F3N3. The lowest BCUT2D eigenvalue weighted by Gasteiger charge is -2.19. The van der Waals surface area contributed by atoms with Gasteiger partial charge in [-0.2, -0.15) is 18.3 Å². The molecular weight excluding hydrogens is 243 g/mol. The highest BCUT2D eigenvalue weighted by Crippen LogP contribution is 2.23. The van der Waals surface area contributed by atoms with Gasteiger partial charge >= 0.3 is 6.18 Å². The molecule has 0 radical (unpaired) electrons. The van der Waals surface area contributed by atoms with Crippen LogP contribution in [-0.2, 0) is 13.0 Å². The zero-order valence-electron chi connectivity index (χ0n) is 10.8. The Balaban J connectivity index is 2.59. The monoisotopic (exact) mass is 263 g/mol. The number of aryl methyl sites for hydroxylation is 1. The predicted molar refractivity (Wildman–Crippen MR) is 64.4 cm³/mol. The van der Waals surface area contributed by atoms with E-state index in [1.165, 1.54) is 0 Å². The highest BCUT2D eigenvalue weighted by atomic mass is 19.4. The second-order valence-corrected chi connectivity index (χ2v) is 4.38. The third kappa shape index (κ3) is 5.53. The van der Waals surface area contributed by atoms with Gasteiger partial charge in [0.1, 0.15) is 0 Å². The normalized spacial score (nSPS) is 13.8. The van der Waals surface area contributed by atoms with Crippen LogP contribution < -0.4 is 5.32 Å². The number of alkyl halides is 3. The van der Waals surface area contributed by atoms with Gasteiger partial charge in [-0.3, -0.25) is 4.68 Å². The van der Waals surface area contributed by atoms with Crippen LogP contribution in [0.2, 0.25) is 0 Å². The zero-order chi connectivity index (χ0) is 13.6. The molecule has 0 aliphatic heterocycles. The lowest BCUT2D eigenvalue weighted by atomic mass is 10.1. The third-order valence-electron chi connectivity index (χ3n) is 2.65. The molecule has 0 aliphatic rings. The summed E-state index contributed by atoms with van der Waals surface area (Å²) in [5, 5.41) is 7.02. The fourth-order valence-electron chi connectivity index (χ4n) is 1.81. The second kappa shape index (κ2) is 6.78. The first-order valence-corrected chi connectivity index (χ1v) is 6.26. The lowest BCUT2D eigenvalue weighted by molar-refractivity contribution is -0.139. The van der Waals surface area contributed by atoms with Gasteiger partial charge in [-0.05, 0) is 31.9 Å². The molecule has 1 heterocycles. The summed E-state index contributed by atoms with van der Waals surface area (Å²) in [6.07, 6.45) is -0.309. The van der Waals surface area contributed by atoms with Gasteiger partial charge in [0.05, 0.1) is 12.6 Å². The van der Waals surface area contributed by atoms with Crippen LogP contribution in [0.15, 0.2) is 12.4 Å². The number of nitrogens with one attached hydrogen (secondary N) is 1. The van der Waals surface area contributed by atoms with E-state index in [4.69, 9.17) is 0 Å². The van der Waals surface area contributed by atoms with E-state index in [-0.39, 0.29) is 0 Å². The van der Waals surface area contributed by atoms with Gasteiger partial charge < -0.3 is 5.32 Å². The molecule has 1 aromatic rings. The van der Waals surface area contributed by atoms with Gasteiger partial charge in [-0.15, -0.1) is 0 Å². The summed E-state index contributed by atoms with van der Waals surface area (Å²) >= 11 is 0. The van der Waals surface area contributed by atoms with E-state index in [9.17, 15) is 13.2 Å². The minimum atomic E-state index is -4.13. The highest BCUT2D eigenvalue weighted by molar-refractivity contribution is 5.06. The first kappa shape index (κ1) is 15.0.